The van der Waals surface area contributed by atoms with Crippen molar-refractivity contribution in [1.82, 2.24) is 10.1 Å². The number of hydrogen-bond acceptors (Lipinski definition) is 6. The number of carbonyl (C=O) groups is 1. The van der Waals surface area contributed by atoms with E-state index in [0.717, 1.165) is 27.2 Å². The Balaban J connectivity index is 1.43. The molecule has 1 amide bonds. The van der Waals surface area contributed by atoms with Crippen LogP contribution in [0.2, 0.25) is 0 Å². The Kier molecular flexibility index (Phi) is 5.07. The SMILES string of the molecule is Cc1cc2nc(NC(=O)c3ccc(OCc4c(C)noc4C)cc3)sc2cc1C. The molecule has 0 spiro atoms. The Hall–Kier alpha value is -3.19. The Bertz CT molecular complexity index is 1130. The van der Waals surface area contributed by atoms with Crippen molar-refractivity contribution < 1.29 is 14.1 Å². The Morgan fingerprint density at radius 1 is 1.10 bits per heavy atom. The topological polar surface area (TPSA) is 77.2 Å². The zero-order valence-corrected chi connectivity index (χ0v) is 17.5. The second-order valence-corrected chi connectivity index (χ2v) is 8.02. The van der Waals surface area contributed by atoms with Gasteiger partial charge in [0.15, 0.2) is 5.13 Å². The van der Waals surface area contributed by atoms with Gasteiger partial charge in [-0.05, 0) is 75.2 Å². The van der Waals surface area contributed by atoms with Crippen molar-refractivity contribution >= 4 is 32.6 Å². The summed E-state index contributed by atoms with van der Waals surface area (Å²) in [5.74, 6) is 1.22. The number of fused-ring (bicyclic) bond motifs is 1. The van der Waals surface area contributed by atoms with Crippen LogP contribution in [0.4, 0.5) is 5.13 Å². The number of rotatable bonds is 5. The van der Waals surface area contributed by atoms with Crippen LogP contribution >= 0.6 is 11.3 Å². The highest BCUT2D eigenvalue weighted by Crippen LogP contribution is 2.28. The predicted molar refractivity (Wildman–Crippen MR) is 114 cm³/mol. The van der Waals surface area contributed by atoms with Gasteiger partial charge in [-0.25, -0.2) is 4.98 Å². The van der Waals surface area contributed by atoms with Crippen molar-refractivity contribution in [3.63, 3.8) is 0 Å². The first kappa shape index (κ1) is 19.1. The van der Waals surface area contributed by atoms with Gasteiger partial charge in [0.1, 0.15) is 18.1 Å². The van der Waals surface area contributed by atoms with Crippen LogP contribution in [-0.2, 0) is 6.61 Å². The highest BCUT2D eigenvalue weighted by Gasteiger charge is 2.12. The van der Waals surface area contributed by atoms with Crippen molar-refractivity contribution in [2.45, 2.75) is 34.3 Å². The molecule has 2 heterocycles. The van der Waals surface area contributed by atoms with Gasteiger partial charge < -0.3 is 9.26 Å². The number of nitrogens with zero attached hydrogens (tertiary/aromatic N) is 2. The molecule has 148 valence electrons. The summed E-state index contributed by atoms with van der Waals surface area (Å²) in [7, 11) is 0. The molecule has 0 aliphatic carbocycles. The van der Waals surface area contributed by atoms with E-state index < -0.39 is 0 Å². The molecule has 0 atom stereocenters. The maximum Gasteiger partial charge on any atom is 0.257 e. The molecular weight excluding hydrogens is 386 g/mol. The molecule has 0 saturated heterocycles. The van der Waals surface area contributed by atoms with E-state index in [-0.39, 0.29) is 5.91 Å². The fourth-order valence-corrected chi connectivity index (χ4v) is 3.91. The van der Waals surface area contributed by atoms with Crippen LogP contribution in [0.25, 0.3) is 10.2 Å². The highest BCUT2D eigenvalue weighted by atomic mass is 32.1. The number of carbonyl (C=O) groups excluding carboxylic acids is 1. The van der Waals surface area contributed by atoms with E-state index in [9.17, 15) is 4.79 Å². The number of aryl methyl sites for hydroxylation is 4. The van der Waals surface area contributed by atoms with Crippen molar-refractivity contribution in [2.75, 3.05) is 5.32 Å². The van der Waals surface area contributed by atoms with Crippen LogP contribution in [0.1, 0.15) is 38.5 Å². The third kappa shape index (κ3) is 4.00. The van der Waals surface area contributed by atoms with E-state index in [1.54, 1.807) is 24.3 Å². The molecule has 4 aromatic rings. The molecule has 0 fully saturated rings. The summed E-state index contributed by atoms with van der Waals surface area (Å²) in [5.41, 5.74) is 5.60. The van der Waals surface area contributed by atoms with Gasteiger partial charge >= 0.3 is 0 Å². The third-order valence-electron chi connectivity index (χ3n) is 4.91. The molecule has 1 N–H and O–H groups in total. The first-order chi connectivity index (χ1) is 13.9. The maximum atomic E-state index is 12.6. The Morgan fingerprint density at radius 2 is 1.83 bits per heavy atom. The zero-order chi connectivity index (χ0) is 20.5. The van der Waals surface area contributed by atoms with E-state index in [1.165, 1.54) is 22.5 Å². The van der Waals surface area contributed by atoms with Gasteiger partial charge in [-0.15, -0.1) is 0 Å². The average molecular weight is 407 g/mol. The van der Waals surface area contributed by atoms with Crippen molar-refractivity contribution in [3.8, 4) is 5.75 Å². The standard InChI is InChI=1S/C22H21N3O3S/c1-12-9-19-20(10-13(12)2)29-22(23-19)24-21(26)16-5-7-17(8-6-16)27-11-18-14(3)25-28-15(18)4/h5-10H,11H2,1-4H3,(H,23,24,26). The van der Waals surface area contributed by atoms with Crippen LogP contribution in [0.3, 0.4) is 0 Å². The molecule has 6 nitrogen and oxygen atoms in total. The first-order valence-corrected chi connectivity index (χ1v) is 10.1. The molecule has 4 rings (SSSR count). The van der Waals surface area contributed by atoms with Gasteiger partial charge in [0.05, 0.1) is 21.5 Å². The first-order valence-electron chi connectivity index (χ1n) is 9.24. The number of hydrogen-bond donors (Lipinski definition) is 1. The molecule has 0 radical (unpaired) electrons. The minimum atomic E-state index is -0.199. The summed E-state index contributed by atoms with van der Waals surface area (Å²) in [6, 6.07) is 11.2. The molecule has 2 aromatic heterocycles. The van der Waals surface area contributed by atoms with E-state index in [1.807, 2.05) is 19.9 Å². The number of anilines is 1. The summed E-state index contributed by atoms with van der Waals surface area (Å²) in [6.07, 6.45) is 0. The van der Waals surface area contributed by atoms with E-state index >= 15 is 0 Å². The largest absolute Gasteiger partial charge is 0.489 e. The normalized spacial score (nSPS) is 11.0. The fraction of sp³-hybridized carbons (Fsp3) is 0.227. The molecule has 0 saturated carbocycles. The molecule has 2 aromatic carbocycles. The van der Waals surface area contributed by atoms with Gasteiger partial charge in [-0.2, -0.15) is 0 Å². The van der Waals surface area contributed by atoms with Gasteiger partial charge in [-0.3, -0.25) is 10.1 Å². The summed E-state index contributed by atoms with van der Waals surface area (Å²) in [5, 5.41) is 7.39. The van der Waals surface area contributed by atoms with Crippen LogP contribution in [-0.4, -0.2) is 16.0 Å². The lowest BCUT2D eigenvalue weighted by Crippen LogP contribution is -2.11. The van der Waals surface area contributed by atoms with E-state index in [2.05, 4.69) is 35.4 Å². The lowest BCUT2D eigenvalue weighted by atomic mass is 10.1. The smallest absolute Gasteiger partial charge is 0.257 e. The Morgan fingerprint density at radius 3 is 2.52 bits per heavy atom. The van der Waals surface area contributed by atoms with Gasteiger partial charge in [0, 0.05) is 5.56 Å². The number of aromatic nitrogens is 2. The lowest BCUT2D eigenvalue weighted by Gasteiger charge is -2.07. The number of benzene rings is 2. The summed E-state index contributed by atoms with van der Waals surface area (Å²) in [4.78, 5) is 17.1. The maximum absolute atomic E-state index is 12.6. The summed E-state index contributed by atoms with van der Waals surface area (Å²) in [6.45, 7) is 8.24. The molecule has 29 heavy (non-hydrogen) atoms. The zero-order valence-electron chi connectivity index (χ0n) is 16.7. The molecule has 7 heteroatoms. The van der Waals surface area contributed by atoms with Crippen LogP contribution in [0.5, 0.6) is 5.75 Å². The van der Waals surface area contributed by atoms with E-state index in [0.29, 0.717) is 23.1 Å². The van der Waals surface area contributed by atoms with Crippen LogP contribution in [0, 0.1) is 27.7 Å². The number of thiazole rings is 1. The minimum Gasteiger partial charge on any atom is -0.489 e. The van der Waals surface area contributed by atoms with E-state index in [4.69, 9.17) is 9.26 Å². The molecular formula is C22H21N3O3S. The number of ether oxygens (including phenoxy) is 1. The lowest BCUT2D eigenvalue weighted by molar-refractivity contribution is 0.102. The van der Waals surface area contributed by atoms with Crippen LogP contribution in [0.15, 0.2) is 40.9 Å². The van der Waals surface area contributed by atoms with Crippen molar-refractivity contribution in [2.24, 2.45) is 0 Å². The molecule has 0 aliphatic rings. The fourth-order valence-electron chi connectivity index (χ4n) is 2.97. The quantitative estimate of drug-likeness (QED) is 0.483. The Labute approximate surface area is 172 Å². The van der Waals surface area contributed by atoms with Gasteiger partial charge in [-0.1, -0.05) is 16.5 Å². The summed E-state index contributed by atoms with van der Waals surface area (Å²) < 4.78 is 12.0. The van der Waals surface area contributed by atoms with Crippen molar-refractivity contribution in [1.29, 1.82) is 0 Å². The predicted octanol–water partition coefficient (Wildman–Crippen LogP) is 5.35. The van der Waals surface area contributed by atoms with Crippen molar-refractivity contribution in [3.05, 3.63) is 70.1 Å². The third-order valence-corrected chi connectivity index (χ3v) is 5.84. The van der Waals surface area contributed by atoms with Gasteiger partial charge in [0.25, 0.3) is 5.91 Å². The molecule has 0 unspecified atom stereocenters. The second kappa shape index (κ2) is 7.67. The number of nitrogens with one attached hydrogen (secondary N) is 1. The second-order valence-electron chi connectivity index (χ2n) is 6.99. The summed E-state index contributed by atoms with van der Waals surface area (Å²) >= 11 is 1.47. The minimum absolute atomic E-state index is 0.199. The number of amides is 1. The van der Waals surface area contributed by atoms with Gasteiger partial charge in [0.2, 0.25) is 0 Å². The molecule has 0 bridgehead atoms. The van der Waals surface area contributed by atoms with Crippen LogP contribution < -0.4 is 10.1 Å². The highest BCUT2D eigenvalue weighted by molar-refractivity contribution is 7.22. The molecule has 0 aliphatic heterocycles. The average Bonchev–Trinajstić information content (AvgIpc) is 3.22. The monoisotopic (exact) mass is 407 g/mol.